The van der Waals surface area contributed by atoms with Crippen molar-refractivity contribution < 1.29 is 0 Å². The minimum atomic E-state index is -0.325. The molecular formula is C11H13ClN4O2. The van der Waals surface area contributed by atoms with E-state index in [1.165, 1.54) is 13.7 Å². The fourth-order valence-corrected chi connectivity index (χ4v) is 2.30. The van der Waals surface area contributed by atoms with Gasteiger partial charge in [-0.25, -0.2) is 4.79 Å². The first kappa shape index (κ1) is 11.5. The molecule has 2 aromatic heterocycles. The van der Waals surface area contributed by atoms with E-state index in [0.717, 1.165) is 12.8 Å². The maximum absolute atomic E-state index is 12.3. The van der Waals surface area contributed by atoms with Crippen molar-refractivity contribution in [3.63, 3.8) is 0 Å². The van der Waals surface area contributed by atoms with Crippen LogP contribution in [0.4, 0.5) is 0 Å². The van der Waals surface area contributed by atoms with Gasteiger partial charge in [-0.3, -0.25) is 13.9 Å². The molecule has 0 unspecified atom stereocenters. The molecule has 0 atom stereocenters. The monoisotopic (exact) mass is 268 g/mol. The van der Waals surface area contributed by atoms with Gasteiger partial charge in [-0.15, -0.1) is 0 Å². The third-order valence-corrected chi connectivity index (χ3v) is 3.78. The van der Waals surface area contributed by atoms with Crippen LogP contribution >= 0.6 is 11.6 Å². The van der Waals surface area contributed by atoms with Crippen molar-refractivity contribution in [3.8, 4) is 0 Å². The van der Waals surface area contributed by atoms with Crippen molar-refractivity contribution in [2.24, 2.45) is 20.0 Å². The maximum atomic E-state index is 12.3. The van der Waals surface area contributed by atoms with Gasteiger partial charge < -0.3 is 4.57 Å². The summed E-state index contributed by atoms with van der Waals surface area (Å²) in [5, 5.41) is 0.210. The van der Waals surface area contributed by atoms with Crippen LogP contribution in [0.2, 0.25) is 5.28 Å². The molecule has 1 saturated carbocycles. The number of aromatic nitrogens is 4. The quantitative estimate of drug-likeness (QED) is 0.745. The zero-order chi connectivity index (χ0) is 13.0. The van der Waals surface area contributed by atoms with E-state index in [0.29, 0.717) is 23.6 Å². The Morgan fingerprint density at radius 1 is 1.28 bits per heavy atom. The number of fused-ring (bicyclic) bond motifs is 1. The van der Waals surface area contributed by atoms with Crippen molar-refractivity contribution in [2.45, 2.75) is 19.4 Å². The third-order valence-electron chi connectivity index (χ3n) is 3.44. The molecule has 0 radical (unpaired) electrons. The van der Waals surface area contributed by atoms with Gasteiger partial charge in [0.25, 0.3) is 5.56 Å². The molecule has 0 aliphatic heterocycles. The molecule has 2 heterocycles. The van der Waals surface area contributed by atoms with Gasteiger partial charge in [-0.1, -0.05) is 0 Å². The molecule has 96 valence electrons. The van der Waals surface area contributed by atoms with E-state index in [4.69, 9.17) is 11.6 Å². The first-order valence-corrected chi connectivity index (χ1v) is 6.20. The average molecular weight is 269 g/mol. The van der Waals surface area contributed by atoms with Gasteiger partial charge in [0.2, 0.25) is 5.28 Å². The molecule has 0 N–H and O–H groups in total. The molecule has 0 spiro atoms. The molecule has 0 saturated heterocycles. The van der Waals surface area contributed by atoms with Crippen molar-refractivity contribution >= 4 is 22.8 Å². The van der Waals surface area contributed by atoms with Gasteiger partial charge in [0.15, 0.2) is 11.2 Å². The van der Waals surface area contributed by atoms with E-state index in [9.17, 15) is 9.59 Å². The topological polar surface area (TPSA) is 61.8 Å². The lowest BCUT2D eigenvalue weighted by Crippen LogP contribution is -2.40. The van der Waals surface area contributed by atoms with Crippen molar-refractivity contribution in [1.82, 2.24) is 18.7 Å². The van der Waals surface area contributed by atoms with Gasteiger partial charge in [-0.05, 0) is 30.4 Å². The highest BCUT2D eigenvalue weighted by molar-refractivity contribution is 6.29. The Bertz CT molecular complexity index is 751. The Kier molecular flexibility index (Phi) is 2.38. The summed E-state index contributed by atoms with van der Waals surface area (Å²) >= 11 is 5.91. The smallest absolute Gasteiger partial charge is 0.312 e. The highest BCUT2D eigenvalue weighted by Gasteiger charge is 2.25. The SMILES string of the molecule is Cn1c(Cl)nc2c1c(=O)n(CC1CC1)c(=O)n2C. The maximum Gasteiger partial charge on any atom is 0.332 e. The van der Waals surface area contributed by atoms with Crippen LogP contribution in [0.25, 0.3) is 11.2 Å². The summed E-state index contributed by atoms with van der Waals surface area (Å²) < 4.78 is 4.19. The normalized spacial score (nSPS) is 15.5. The van der Waals surface area contributed by atoms with E-state index >= 15 is 0 Å². The van der Waals surface area contributed by atoms with Crippen LogP contribution in [-0.2, 0) is 20.6 Å². The Morgan fingerprint density at radius 3 is 2.56 bits per heavy atom. The molecule has 3 rings (SSSR count). The molecule has 1 fully saturated rings. The highest BCUT2D eigenvalue weighted by Crippen LogP contribution is 2.29. The number of nitrogens with zero attached hydrogens (tertiary/aromatic N) is 4. The zero-order valence-corrected chi connectivity index (χ0v) is 10.9. The van der Waals surface area contributed by atoms with Crippen molar-refractivity contribution in [3.05, 3.63) is 26.1 Å². The average Bonchev–Trinajstić information content (AvgIpc) is 3.10. The Morgan fingerprint density at radius 2 is 1.94 bits per heavy atom. The van der Waals surface area contributed by atoms with Crippen molar-refractivity contribution in [2.75, 3.05) is 0 Å². The van der Waals surface area contributed by atoms with Crippen LogP contribution < -0.4 is 11.2 Å². The fraction of sp³-hybridized carbons (Fsp3) is 0.545. The summed E-state index contributed by atoms with van der Waals surface area (Å²) in [6, 6.07) is 0. The Labute approximate surface area is 107 Å². The Hall–Kier alpha value is -1.56. The number of imidazole rings is 1. The predicted octanol–water partition coefficient (Wildman–Crippen LogP) is 0.497. The van der Waals surface area contributed by atoms with Crippen LogP contribution in [0, 0.1) is 5.92 Å². The minimum absolute atomic E-state index is 0.210. The predicted molar refractivity (Wildman–Crippen MR) is 67.9 cm³/mol. The fourth-order valence-electron chi connectivity index (χ4n) is 2.14. The van der Waals surface area contributed by atoms with Crippen LogP contribution in [0.15, 0.2) is 9.59 Å². The molecule has 6 nitrogen and oxygen atoms in total. The third kappa shape index (κ3) is 1.52. The van der Waals surface area contributed by atoms with E-state index < -0.39 is 0 Å². The lowest BCUT2D eigenvalue weighted by atomic mass is 10.4. The summed E-state index contributed by atoms with van der Waals surface area (Å²) in [5.74, 6) is 0.455. The molecule has 1 aliphatic carbocycles. The lowest BCUT2D eigenvalue weighted by Gasteiger charge is -2.07. The van der Waals surface area contributed by atoms with E-state index in [-0.39, 0.29) is 16.5 Å². The number of aryl methyl sites for hydroxylation is 2. The van der Waals surface area contributed by atoms with Gasteiger partial charge in [-0.2, -0.15) is 4.98 Å². The summed E-state index contributed by atoms with van der Waals surface area (Å²) in [5.41, 5.74) is 0.0864. The van der Waals surface area contributed by atoms with E-state index in [1.54, 1.807) is 14.1 Å². The second-order valence-corrected chi connectivity index (χ2v) is 5.15. The number of rotatable bonds is 2. The summed E-state index contributed by atoms with van der Waals surface area (Å²) in [4.78, 5) is 28.5. The van der Waals surface area contributed by atoms with Gasteiger partial charge >= 0.3 is 5.69 Å². The summed E-state index contributed by atoms with van der Waals surface area (Å²) in [7, 11) is 3.28. The molecule has 2 aromatic rings. The lowest BCUT2D eigenvalue weighted by molar-refractivity contribution is 0.557. The number of halogens is 1. The molecule has 0 amide bonds. The van der Waals surface area contributed by atoms with Crippen LogP contribution in [0.3, 0.4) is 0 Å². The second-order valence-electron chi connectivity index (χ2n) is 4.81. The standard InChI is InChI=1S/C11H13ClN4O2/c1-14-7-8(13-10(14)12)15(2)11(18)16(9(7)17)5-6-3-4-6/h6H,3-5H2,1-2H3. The first-order valence-electron chi connectivity index (χ1n) is 5.82. The van der Waals surface area contributed by atoms with Gasteiger partial charge in [0.1, 0.15) is 0 Å². The zero-order valence-electron chi connectivity index (χ0n) is 10.2. The summed E-state index contributed by atoms with van der Waals surface area (Å²) in [6.45, 7) is 0.490. The number of hydrogen-bond donors (Lipinski definition) is 0. The van der Waals surface area contributed by atoms with Crippen LogP contribution in [0.5, 0.6) is 0 Å². The van der Waals surface area contributed by atoms with Crippen LogP contribution in [-0.4, -0.2) is 18.7 Å². The first-order chi connectivity index (χ1) is 8.50. The highest BCUT2D eigenvalue weighted by atomic mass is 35.5. The van der Waals surface area contributed by atoms with E-state index in [1.807, 2.05) is 0 Å². The van der Waals surface area contributed by atoms with Crippen LogP contribution in [0.1, 0.15) is 12.8 Å². The van der Waals surface area contributed by atoms with Gasteiger partial charge in [0.05, 0.1) is 0 Å². The molecule has 1 aliphatic rings. The summed E-state index contributed by atoms with van der Waals surface area (Å²) in [6.07, 6.45) is 2.17. The Balaban J connectivity index is 2.39. The largest absolute Gasteiger partial charge is 0.332 e. The number of hydrogen-bond acceptors (Lipinski definition) is 3. The molecule has 7 heteroatoms. The molecule has 0 bridgehead atoms. The second kappa shape index (κ2) is 3.71. The van der Waals surface area contributed by atoms with E-state index in [2.05, 4.69) is 4.98 Å². The molecule has 18 heavy (non-hydrogen) atoms. The van der Waals surface area contributed by atoms with Gasteiger partial charge in [0, 0.05) is 20.6 Å². The molecular weight excluding hydrogens is 256 g/mol. The molecule has 0 aromatic carbocycles. The minimum Gasteiger partial charge on any atom is -0.312 e. The van der Waals surface area contributed by atoms with Crippen molar-refractivity contribution in [1.29, 1.82) is 0 Å².